The number of hydrogen-bond donors (Lipinski definition) is 2. The molecule has 0 saturated heterocycles. The van der Waals surface area contributed by atoms with E-state index in [9.17, 15) is 4.79 Å². The largest absolute Gasteiger partial charge is 0.370 e. The minimum Gasteiger partial charge on any atom is -0.370 e. The first-order valence-electron chi connectivity index (χ1n) is 4.76. The van der Waals surface area contributed by atoms with Gasteiger partial charge in [0.1, 0.15) is 4.32 Å². The summed E-state index contributed by atoms with van der Waals surface area (Å²) < 4.78 is 0.671. The number of primary amides is 1. The molecule has 1 heterocycles. The van der Waals surface area contributed by atoms with Gasteiger partial charge in [0, 0.05) is 31.1 Å². The van der Waals surface area contributed by atoms with Crippen molar-refractivity contribution in [1.82, 2.24) is 10.3 Å². The number of thioether (sulfide) groups is 1. The zero-order chi connectivity index (χ0) is 11.8. The number of rotatable bonds is 5. The molecule has 1 rings (SSSR count). The maximum atomic E-state index is 10.5. The molecule has 0 bridgehead atoms. The molecule has 6 heteroatoms. The van der Waals surface area contributed by atoms with E-state index in [1.807, 2.05) is 12.1 Å². The smallest absolute Gasteiger partial charge is 0.218 e. The second-order valence-corrected chi connectivity index (χ2v) is 4.84. The van der Waals surface area contributed by atoms with Crippen LogP contribution in [0.2, 0.25) is 0 Å². The fraction of sp³-hybridized carbons (Fsp3) is 0.300. The molecule has 0 spiro atoms. The van der Waals surface area contributed by atoms with Crippen molar-refractivity contribution in [2.75, 3.05) is 5.75 Å². The number of pyridine rings is 1. The van der Waals surface area contributed by atoms with Gasteiger partial charge in [-0.25, -0.2) is 0 Å². The summed E-state index contributed by atoms with van der Waals surface area (Å²) in [5, 5.41) is 3.07. The van der Waals surface area contributed by atoms with E-state index in [0.717, 1.165) is 5.56 Å². The lowest BCUT2D eigenvalue weighted by Gasteiger charge is -2.06. The molecule has 0 radical (unpaired) electrons. The zero-order valence-electron chi connectivity index (χ0n) is 8.68. The van der Waals surface area contributed by atoms with Crippen molar-refractivity contribution in [3.05, 3.63) is 30.1 Å². The SMILES string of the molecule is NC(=O)CCSC(=S)NCc1cccnc1. The van der Waals surface area contributed by atoms with Crippen molar-refractivity contribution in [2.45, 2.75) is 13.0 Å². The molecule has 1 amide bonds. The minimum atomic E-state index is -0.303. The van der Waals surface area contributed by atoms with Gasteiger partial charge in [0.05, 0.1) is 0 Å². The van der Waals surface area contributed by atoms with E-state index in [-0.39, 0.29) is 5.91 Å². The van der Waals surface area contributed by atoms with Gasteiger partial charge in [-0.3, -0.25) is 9.78 Å². The molecule has 0 aliphatic heterocycles. The molecule has 0 saturated carbocycles. The van der Waals surface area contributed by atoms with Crippen LogP contribution in [0.1, 0.15) is 12.0 Å². The van der Waals surface area contributed by atoms with Gasteiger partial charge in [-0.15, -0.1) is 0 Å². The van der Waals surface area contributed by atoms with E-state index in [4.69, 9.17) is 18.0 Å². The van der Waals surface area contributed by atoms with Crippen molar-refractivity contribution >= 4 is 34.2 Å². The second-order valence-electron chi connectivity index (χ2n) is 3.07. The number of nitrogens with two attached hydrogens (primary N) is 1. The van der Waals surface area contributed by atoms with Crippen LogP contribution >= 0.6 is 24.0 Å². The third kappa shape index (κ3) is 5.67. The van der Waals surface area contributed by atoms with Gasteiger partial charge in [-0.2, -0.15) is 0 Å². The second kappa shape index (κ2) is 7.19. The highest BCUT2D eigenvalue weighted by Crippen LogP contribution is 2.05. The van der Waals surface area contributed by atoms with Crippen LogP contribution in [0.5, 0.6) is 0 Å². The average molecular weight is 255 g/mol. The molecule has 3 N–H and O–H groups in total. The number of nitrogens with zero attached hydrogens (tertiary/aromatic N) is 1. The molecule has 0 fully saturated rings. The number of carbonyl (C=O) groups is 1. The standard InChI is InChI=1S/C10H13N3OS2/c11-9(14)3-5-16-10(15)13-7-8-2-1-4-12-6-8/h1-2,4,6H,3,5,7H2,(H2,11,14)(H,13,15). The Morgan fingerprint density at radius 1 is 1.62 bits per heavy atom. The lowest BCUT2D eigenvalue weighted by atomic mass is 10.3. The summed E-state index contributed by atoms with van der Waals surface area (Å²) in [7, 11) is 0. The summed E-state index contributed by atoms with van der Waals surface area (Å²) in [5.41, 5.74) is 6.09. The Bertz CT molecular complexity index is 356. The first-order chi connectivity index (χ1) is 7.68. The van der Waals surface area contributed by atoms with Gasteiger partial charge in [-0.05, 0) is 11.6 Å². The molecule has 86 valence electrons. The van der Waals surface area contributed by atoms with E-state index in [1.165, 1.54) is 11.8 Å². The highest BCUT2D eigenvalue weighted by atomic mass is 32.2. The molecule has 0 aliphatic carbocycles. The Morgan fingerprint density at radius 2 is 2.44 bits per heavy atom. The summed E-state index contributed by atoms with van der Waals surface area (Å²) in [5.74, 6) is 0.316. The van der Waals surface area contributed by atoms with E-state index >= 15 is 0 Å². The highest BCUT2D eigenvalue weighted by molar-refractivity contribution is 8.22. The molecule has 0 unspecified atom stereocenters. The summed E-state index contributed by atoms with van der Waals surface area (Å²) >= 11 is 6.51. The van der Waals surface area contributed by atoms with E-state index in [0.29, 0.717) is 23.0 Å². The number of amides is 1. The van der Waals surface area contributed by atoms with Crippen molar-refractivity contribution in [1.29, 1.82) is 0 Å². The predicted octanol–water partition coefficient (Wildman–Crippen LogP) is 1.06. The number of nitrogens with one attached hydrogen (secondary N) is 1. The molecular formula is C10H13N3OS2. The fourth-order valence-electron chi connectivity index (χ4n) is 0.972. The van der Waals surface area contributed by atoms with E-state index in [2.05, 4.69) is 10.3 Å². The summed E-state index contributed by atoms with van der Waals surface area (Å²) in [4.78, 5) is 14.5. The van der Waals surface area contributed by atoms with Crippen LogP contribution in [0, 0.1) is 0 Å². The zero-order valence-corrected chi connectivity index (χ0v) is 10.3. The lowest BCUT2D eigenvalue weighted by Crippen LogP contribution is -2.19. The number of aromatic nitrogens is 1. The molecule has 4 nitrogen and oxygen atoms in total. The topological polar surface area (TPSA) is 68.0 Å². The van der Waals surface area contributed by atoms with Gasteiger partial charge < -0.3 is 11.1 Å². The Labute approximate surface area is 104 Å². The molecule has 1 aromatic rings. The number of hydrogen-bond acceptors (Lipinski definition) is 4. The normalized spacial score (nSPS) is 9.75. The van der Waals surface area contributed by atoms with Crippen LogP contribution in [0.3, 0.4) is 0 Å². The molecule has 0 aromatic carbocycles. The van der Waals surface area contributed by atoms with Crippen LogP contribution in [-0.4, -0.2) is 21.0 Å². The first-order valence-corrected chi connectivity index (χ1v) is 6.15. The van der Waals surface area contributed by atoms with Gasteiger partial charge in [0.15, 0.2) is 0 Å². The highest BCUT2D eigenvalue weighted by Gasteiger charge is 2.00. The maximum absolute atomic E-state index is 10.5. The average Bonchev–Trinajstić information content (AvgIpc) is 2.27. The Balaban J connectivity index is 2.18. The number of carbonyl (C=O) groups excluding carboxylic acids is 1. The third-order valence-electron chi connectivity index (χ3n) is 1.74. The van der Waals surface area contributed by atoms with E-state index in [1.54, 1.807) is 12.4 Å². The van der Waals surface area contributed by atoms with Crippen molar-refractivity contribution in [3.8, 4) is 0 Å². The third-order valence-corrected chi connectivity index (χ3v) is 3.05. The van der Waals surface area contributed by atoms with Gasteiger partial charge in [-0.1, -0.05) is 30.0 Å². The van der Waals surface area contributed by atoms with Crippen molar-refractivity contribution in [3.63, 3.8) is 0 Å². The Kier molecular flexibility index (Phi) is 5.81. The van der Waals surface area contributed by atoms with Crippen LogP contribution in [0.15, 0.2) is 24.5 Å². The summed E-state index contributed by atoms with van der Waals surface area (Å²) in [6, 6.07) is 3.84. The van der Waals surface area contributed by atoms with Gasteiger partial charge >= 0.3 is 0 Å². The molecule has 0 atom stereocenters. The minimum absolute atomic E-state index is 0.303. The Morgan fingerprint density at radius 3 is 3.06 bits per heavy atom. The predicted molar refractivity (Wildman–Crippen MR) is 69.9 cm³/mol. The first kappa shape index (κ1) is 12.9. The quantitative estimate of drug-likeness (QED) is 0.770. The summed E-state index contributed by atoms with van der Waals surface area (Å²) in [6.07, 6.45) is 3.85. The van der Waals surface area contributed by atoms with E-state index < -0.39 is 0 Å². The van der Waals surface area contributed by atoms with Gasteiger partial charge in [0.25, 0.3) is 0 Å². The molecular weight excluding hydrogens is 242 g/mol. The molecule has 16 heavy (non-hydrogen) atoms. The molecule has 1 aromatic heterocycles. The van der Waals surface area contributed by atoms with Crippen molar-refractivity contribution in [2.24, 2.45) is 5.73 Å². The number of thiocarbonyl (C=S) groups is 1. The monoisotopic (exact) mass is 255 g/mol. The van der Waals surface area contributed by atoms with Crippen LogP contribution in [-0.2, 0) is 11.3 Å². The lowest BCUT2D eigenvalue weighted by molar-refractivity contribution is -0.117. The van der Waals surface area contributed by atoms with Crippen molar-refractivity contribution < 1.29 is 4.79 Å². The summed E-state index contributed by atoms with van der Waals surface area (Å²) in [6.45, 7) is 0.649. The molecule has 0 aliphatic rings. The van der Waals surface area contributed by atoms with Gasteiger partial charge in [0.2, 0.25) is 5.91 Å². The maximum Gasteiger partial charge on any atom is 0.218 e. The van der Waals surface area contributed by atoms with Crippen LogP contribution in [0.4, 0.5) is 0 Å². The van der Waals surface area contributed by atoms with Crippen LogP contribution in [0.25, 0.3) is 0 Å². The Hall–Kier alpha value is -1.14. The van der Waals surface area contributed by atoms with Crippen LogP contribution < -0.4 is 11.1 Å². The fourth-order valence-corrected chi connectivity index (χ4v) is 1.96.